The number of rotatable bonds is 5. The number of likely N-dealkylation sites (N-methyl/N-ethyl adjacent to an activating group) is 1. The molecule has 1 atom stereocenters. The fraction of sp³-hybridized carbons (Fsp3) is 0.538. The predicted molar refractivity (Wildman–Crippen MR) is 77.5 cm³/mol. The van der Waals surface area contributed by atoms with Crippen LogP contribution < -0.4 is 0 Å². The predicted octanol–water partition coefficient (Wildman–Crippen LogP) is 2.78. The van der Waals surface area contributed by atoms with Crippen LogP contribution >= 0.6 is 15.9 Å². The first-order valence-corrected chi connectivity index (χ1v) is 8.75. The molecule has 1 aliphatic rings. The molecule has 0 spiro atoms. The topological polar surface area (TPSA) is 46.6 Å². The number of ether oxygens (including phenoxy) is 1. The van der Waals surface area contributed by atoms with E-state index in [-0.39, 0.29) is 15.5 Å². The molecule has 0 saturated carbocycles. The molecule has 0 aliphatic carbocycles. The van der Waals surface area contributed by atoms with Crippen molar-refractivity contribution in [1.29, 1.82) is 0 Å². The largest absolute Gasteiger partial charge is 0.377 e. The quantitative estimate of drug-likeness (QED) is 0.805. The third-order valence-corrected chi connectivity index (χ3v) is 6.21. The van der Waals surface area contributed by atoms with Crippen LogP contribution in [-0.4, -0.2) is 38.5 Å². The van der Waals surface area contributed by atoms with Gasteiger partial charge in [-0.2, -0.15) is 4.31 Å². The second-order valence-electron chi connectivity index (χ2n) is 4.67. The monoisotopic (exact) mass is 365 g/mol. The molecule has 1 heterocycles. The normalized spacial score (nSPS) is 19.7. The van der Waals surface area contributed by atoms with Crippen molar-refractivity contribution >= 4 is 26.0 Å². The summed E-state index contributed by atoms with van der Waals surface area (Å²) >= 11 is 3.12. The van der Waals surface area contributed by atoms with Crippen LogP contribution in [0.3, 0.4) is 0 Å². The molecule has 0 bridgehead atoms. The maximum Gasteiger partial charge on any atom is 0.244 e. The van der Waals surface area contributed by atoms with Gasteiger partial charge in [0.15, 0.2) is 0 Å². The lowest BCUT2D eigenvalue weighted by molar-refractivity contribution is 0.0946. The Morgan fingerprint density at radius 3 is 2.80 bits per heavy atom. The zero-order valence-corrected chi connectivity index (χ0v) is 13.6. The van der Waals surface area contributed by atoms with E-state index in [1.54, 1.807) is 6.92 Å². The smallest absolute Gasteiger partial charge is 0.244 e. The number of sulfonamides is 1. The Hall–Kier alpha value is -0.500. The van der Waals surface area contributed by atoms with Crippen LogP contribution in [-0.2, 0) is 14.8 Å². The highest BCUT2D eigenvalue weighted by Crippen LogP contribution is 2.27. The molecular formula is C13H17BrFNO3S. The lowest BCUT2D eigenvalue weighted by atomic mass is 10.2. The molecule has 1 aliphatic heterocycles. The van der Waals surface area contributed by atoms with Gasteiger partial charge >= 0.3 is 0 Å². The third kappa shape index (κ3) is 3.39. The van der Waals surface area contributed by atoms with Crippen molar-refractivity contribution in [2.75, 3.05) is 19.7 Å². The van der Waals surface area contributed by atoms with E-state index in [2.05, 4.69) is 15.9 Å². The third-order valence-electron chi connectivity index (χ3n) is 3.30. The summed E-state index contributed by atoms with van der Waals surface area (Å²) in [5.74, 6) is -0.474. The van der Waals surface area contributed by atoms with Crippen LogP contribution in [0.15, 0.2) is 27.6 Å². The van der Waals surface area contributed by atoms with Gasteiger partial charge < -0.3 is 4.74 Å². The molecular weight excluding hydrogens is 349 g/mol. The van der Waals surface area contributed by atoms with E-state index >= 15 is 0 Å². The van der Waals surface area contributed by atoms with E-state index in [0.29, 0.717) is 19.7 Å². The molecule has 0 amide bonds. The Labute approximate surface area is 127 Å². The van der Waals surface area contributed by atoms with Gasteiger partial charge in [-0.3, -0.25) is 0 Å². The number of hydrogen-bond donors (Lipinski definition) is 0. The minimum absolute atomic E-state index is 0.0519. The fourth-order valence-electron chi connectivity index (χ4n) is 2.24. The van der Waals surface area contributed by atoms with Crippen LogP contribution in [0, 0.1) is 5.82 Å². The highest BCUT2D eigenvalue weighted by molar-refractivity contribution is 9.10. The number of halogens is 2. The van der Waals surface area contributed by atoms with E-state index < -0.39 is 15.8 Å². The average molecular weight is 366 g/mol. The summed E-state index contributed by atoms with van der Waals surface area (Å²) in [6.07, 6.45) is 1.78. The van der Waals surface area contributed by atoms with Gasteiger partial charge in [-0.25, -0.2) is 12.8 Å². The Bertz CT molecular complexity index is 573. The average Bonchev–Trinajstić information content (AvgIpc) is 2.88. The van der Waals surface area contributed by atoms with E-state index in [4.69, 9.17) is 4.74 Å². The van der Waals surface area contributed by atoms with Crippen molar-refractivity contribution in [2.45, 2.75) is 30.8 Å². The van der Waals surface area contributed by atoms with Crippen LogP contribution in [0.2, 0.25) is 0 Å². The highest BCUT2D eigenvalue weighted by atomic mass is 79.9. The summed E-state index contributed by atoms with van der Waals surface area (Å²) in [4.78, 5) is 0.0822. The highest BCUT2D eigenvalue weighted by Gasteiger charge is 2.29. The lowest BCUT2D eigenvalue weighted by Crippen LogP contribution is -2.37. The zero-order chi connectivity index (χ0) is 14.8. The van der Waals surface area contributed by atoms with E-state index in [1.165, 1.54) is 10.4 Å². The van der Waals surface area contributed by atoms with Gasteiger partial charge in [0.1, 0.15) is 5.82 Å². The van der Waals surface area contributed by atoms with Gasteiger partial charge in [0.05, 0.1) is 11.0 Å². The summed E-state index contributed by atoms with van der Waals surface area (Å²) in [7, 11) is -3.65. The maximum absolute atomic E-state index is 13.1. The zero-order valence-electron chi connectivity index (χ0n) is 11.2. The van der Waals surface area contributed by atoms with Gasteiger partial charge in [-0.15, -0.1) is 0 Å². The first-order valence-electron chi connectivity index (χ1n) is 6.52. The molecule has 0 aromatic heterocycles. The molecule has 1 unspecified atom stereocenters. The summed E-state index contributed by atoms with van der Waals surface area (Å²) < 4.78 is 45.4. The molecule has 1 saturated heterocycles. The van der Waals surface area contributed by atoms with Crippen LogP contribution in [0.4, 0.5) is 4.39 Å². The molecule has 2 rings (SSSR count). The standard InChI is InChI=1S/C13H17BrFNO3S/c1-2-16(9-11-4-3-7-19-11)20(17,18)13-6-5-10(15)8-12(13)14/h5-6,8,11H,2-4,7,9H2,1H3. The summed E-state index contributed by atoms with van der Waals surface area (Å²) in [5, 5.41) is 0. The fourth-order valence-corrected chi connectivity index (χ4v) is 4.73. The maximum atomic E-state index is 13.1. The molecule has 0 N–H and O–H groups in total. The molecule has 20 heavy (non-hydrogen) atoms. The van der Waals surface area contributed by atoms with Gasteiger partial charge in [-0.05, 0) is 47.0 Å². The van der Waals surface area contributed by atoms with Crippen molar-refractivity contribution in [3.8, 4) is 0 Å². The lowest BCUT2D eigenvalue weighted by Gasteiger charge is -2.23. The summed E-state index contributed by atoms with van der Waals surface area (Å²) in [6, 6.07) is 3.59. The van der Waals surface area contributed by atoms with Crippen LogP contribution in [0.5, 0.6) is 0 Å². The van der Waals surface area contributed by atoms with Crippen molar-refractivity contribution < 1.29 is 17.5 Å². The van der Waals surface area contributed by atoms with E-state index in [0.717, 1.165) is 25.0 Å². The van der Waals surface area contributed by atoms with Crippen molar-refractivity contribution in [3.05, 3.63) is 28.5 Å². The van der Waals surface area contributed by atoms with Gasteiger partial charge in [-0.1, -0.05) is 6.92 Å². The second kappa shape index (κ2) is 6.51. The molecule has 7 heteroatoms. The number of benzene rings is 1. The van der Waals surface area contributed by atoms with Crippen LogP contribution in [0.25, 0.3) is 0 Å². The molecule has 0 radical (unpaired) electrons. The SMILES string of the molecule is CCN(CC1CCCO1)S(=O)(=O)c1ccc(F)cc1Br. The minimum Gasteiger partial charge on any atom is -0.377 e. The molecule has 112 valence electrons. The molecule has 1 aromatic rings. The van der Waals surface area contributed by atoms with Crippen molar-refractivity contribution in [3.63, 3.8) is 0 Å². The van der Waals surface area contributed by atoms with Crippen LogP contribution in [0.1, 0.15) is 19.8 Å². The van der Waals surface area contributed by atoms with Gasteiger partial charge in [0.25, 0.3) is 0 Å². The minimum atomic E-state index is -3.65. The van der Waals surface area contributed by atoms with E-state index in [9.17, 15) is 12.8 Å². The molecule has 4 nitrogen and oxygen atoms in total. The number of hydrogen-bond acceptors (Lipinski definition) is 3. The Kier molecular flexibility index (Phi) is 5.17. The Morgan fingerprint density at radius 2 is 2.25 bits per heavy atom. The van der Waals surface area contributed by atoms with Gasteiger partial charge in [0.2, 0.25) is 10.0 Å². The first-order chi connectivity index (χ1) is 9.45. The van der Waals surface area contributed by atoms with Gasteiger partial charge in [0, 0.05) is 24.2 Å². The summed E-state index contributed by atoms with van der Waals surface area (Å²) in [6.45, 7) is 3.15. The van der Waals surface area contributed by atoms with E-state index in [1.807, 2.05) is 0 Å². The molecule has 1 aromatic carbocycles. The second-order valence-corrected chi connectivity index (χ2v) is 7.43. The Balaban J connectivity index is 2.26. The van der Waals surface area contributed by atoms with Crippen molar-refractivity contribution in [2.24, 2.45) is 0 Å². The Morgan fingerprint density at radius 1 is 1.50 bits per heavy atom. The molecule has 1 fully saturated rings. The summed E-state index contributed by atoms with van der Waals surface area (Å²) in [5.41, 5.74) is 0. The van der Waals surface area contributed by atoms with Crippen molar-refractivity contribution in [1.82, 2.24) is 4.31 Å². The first kappa shape index (κ1) is 15.9. The number of nitrogens with zero attached hydrogens (tertiary/aromatic N) is 1.